The molecule has 2 N–H and O–H groups in total. The van der Waals surface area contributed by atoms with E-state index in [4.69, 9.17) is 0 Å². The van der Waals surface area contributed by atoms with Gasteiger partial charge in [0.25, 0.3) is 0 Å². The minimum atomic E-state index is -0.930. The number of aliphatic hydroxyl groups excluding tert-OH is 1. The van der Waals surface area contributed by atoms with Crippen LogP contribution in [0.1, 0.15) is 44.1 Å². The predicted molar refractivity (Wildman–Crippen MR) is 71.2 cm³/mol. The van der Waals surface area contributed by atoms with Crippen LogP contribution in [0.2, 0.25) is 0 Å². The lowest BCUT2D eigenvalue weighted by molar-refractivity contribution is -0.124. The Hall–Kier alpha value is -1.49. The van der Waals surface area contributed by atoms with Crippen molar-refractivity contribution in [3.05, 3.63) is 35.4 Å². The second-order valence-corrected chi connectivity index (χ2v) is 5.49. The van der Waals surface area contributed by atoms with Gasteiger partial charge in [-0.25, -0.2) is 8.78 Å². The maximum Gasteiger partial charge on any atom is 0.227 e. The number of benzene rings is 1. The fourth-order valence-electron chi connectivity index (χ4n) is 2.80. The van der Waals surface area contributed by atoms with E-state index in [9.17, 15) is 18.7 Å². The number of hydrogen-bond donors (Lipinski definition) is 2. The van der Waals surface area contributed by atoms with Crippen molar-refractivity contribution in [3.63, 3.8) is 0 Å². The van der Waals surface area contributed by atoms with Crippen molar-refractivity contribution >= 4 is 5.91 Å². The highest BCUT2D eigenvalue weighted by Gasteiger charge is 2.36. The number of hydrogen-bond acceptors (Lipinski definition) is 2. The van der Waals surface area contributed by atoms with Crippen LogP contribution in [0.3, 0.4) is 0 Å². The van der Waals surface area contributed by atoms with E-state index in [0.717, 1.165) is 25.0 Å². The summed E-state index contributed by atoms with van der Waals surface area (Å²) in [5.41, 5.74) is -0.858. The van der Waals surface area contributed by atoms with Crippen LogP contribution in [0, 0.1) is 11.6 Å². The SMILES string of the molecule is CC(C(=O)NC1(CO)CCCC1)c1c(F)cccc1F. The Morgan fingerprint density at radius 3 is 2.40 bits per heavy atom. The molecule has 1 atom stereocenters. The maximum absolute atomic E-state index is 13.7. The van der Waals surface area contributed by atoms with Gasteiger partial charge in [-0.2, -0.15) is 0 Å². The fourth-order valence-corrected chi connectivity index (χ4v) is 2.80. The summed E-state index contributed by atoms with van der Waals surface area (Å²) in [5, 5.41) is 12.2. The zero-order chi connectivity index (χ0) is 14.8. The fraction of sp³-hybridized carbons (Fsp3) is 0.533. The number of aliphatic hydroxyl groups is 1. The Balaban J connectivity index is 2.16. The third-order valence-electron chi connectivity index (χ3n) is 4.08. The molecule has 1 unspecified atom stereocenters. The van der Waals surface area contributed by atoms with E-state index < -0.39 is 29.0 Å². The van der Waals surface area contributed by atoms with E-state index in [2.05, 4.69) is 5.32 Å². The molecule has 1 aliphatic carbocycles. The van der Waals surface area contributed by atoms with Crippen LogP contribution < -0.4 is 5.32 Å². The van der Waals surface area contributed by atoms with E-state index in [1.165, 1.54) is 13.0 Å². The molecule has 1 aliphatic rings. The summed E-state index contributed by atoms with van der Waals surface area (Å²) < 4.78 is 27.4. The van der Waals surface area contributed by atoms with E-state index in [-0.39, 0.29) is 12.2 Å². The van der Waals surface area contributed by atoms with Gasteiger partial charge in [0.2, 0.25) is 5.91 Å². The molecule has 1 aromatic carbocycles. The molecule has 0 aromatic heterocycles. The zero-order valence-corrected chi connectivity index (χ0v) is 11.5. The van der Waals surface area contributed by atoms with E-state index in [1.54, 1.807) is 0 Å². The van der Waals surface area contributed by atoms with E-state index in [1.807, 2.05) is 0 Å². The van der Waals surface area contributed by atoms with Gasteiger partial charge in [0.1, 0.15) is 11.6 Å². The Morgan fingerprint density at radius 2 is 1.90 bits per heavy atom. The Kier molecular flexibility index (Phi) is 4.38. The summed E-state index contributed by atoms with van der Waals surface area (Å²) in [5.74, 6) is -2.83. The molecule has 0 heterocycles. The Labute approximate surface area is 117 Å². The van der Waals surface area contributed by atoms with Crippen molar-refractivity contribution in [2.75, 3.05) is 6.61 Å². The van der Waals surface area contributed by atoms with Crippen LogP contribution in [-0.2, 0) is 4.79 Å². The summed E-state index contributed by atoms with van der Waals surface area (Å²) in [6, 6.07) is 3.55. The first-order valence-electron chi connectivity index (χ1n) is 6.86. The summed E-state index contributed by atoms with van der Waals surface area (Å²) in [4.78, 5) is 12.2. The summed E-state index contributed by atoms with van der Waals surface area (Å²) in [6.45, 7) is 1.32. The number of nitrogens with one attached hydrogen (secondary N) is 1. The summed E-state index contributed by atoms with van der Waals surface area (Å²) in [6.07, 6.45) is 3.26. The van der Waals surface area contributed by atoms with Crippen molar-refractivity contribution in [2.45, 2.75) is 44.1 Å². The first kappa shape index (κ1) is 14.9. The monoisotopic (exact) mass is 283 g/mol. The van der Waals surface area contributed by atoms with Gasteiger partial charge in [-0.05, 0) is 31.9 Å². The third-order valence-corrected chi connectivity index (χ3v) is 4.08. The molecular formula is C15H19F2NO2. The molecule has 1 saturated carbocycles. The van der Waals surface area contributed by atoms with E-state index >= 15 is 0 Å². The highest BCUT2D eigenvalue weighted by atomic mass is 19.1. The zero-order valence-electron chi connectivity index (χ0n) is 11.5. The summed E-state index contributed by atoms with van der Waals surface area (Å²) in [7, 11) is 0. The molecule has 1 fully saturated rings. The molecule has 0 bridgehead atoms. The van der Waals surface area contributed by atoms with Gasteiger partial charge in [0, 0.05) is 5.56 Å². The first-order valence-corrected chi connectivity index (χ1v) is 6.86. The quantitative estimate of drug-likeness (QED) is 0.892. The number of halogens is 2. The van der Waals surface area contributed by atoms with Crippen molar-refractivity contribution < 1.29 is 18.7 Å². The average molecular weight is 283 g/mol. The highest BCUT2D eigenvalue weighted by molar-refractivity contribution is 5.84. The van der Waals surface area contributed by atoms with Gasteiger partial charge >= 0.3 is 0 Å². The van der Waals surface area contributed by atoms with Gasteiger partial charge in [-0.15, -0.1) is 0 Å². The lowest BCUT2D eigenvalue weighted by atomic mass is 9.94. The molecule has 20 heavy (non-hydrogen) atoms. The maximum atomic E-state index is 13.7. The molecule has 1 aromatic rings. The number of carbonyl (C=O) groups is 1. The van der Waals surface area contributed by atoms with Gasteiger partial charge in [-0.1, -0.05) is 18.9 Å². The second-order valence-electron chi connectivity index (χ2n) is 5.49. The van der Waals surface area contributed by atoms with Crippen LogP contribution >= 0.6 is 0 Å². The van der Waals surface area contributed by atoms with Crippen molar-refractivity contribution in [1.82, 2.24) is 5.32 Å². The molecule has 0 radical (unpaired) electrons. The lowest BCUT2D eigenvalue weighted by Gasteiger charge is -2.29. The minimum Gasteiger partial charge on any atom is -0.394 e. The third kappa shape index (κ3) is 2.82. The number of amides is 1. The predicted octanol–water partition coefficient (Wildman–Crippen LogP) is 2.49. The minimum absolute atomic E-state index is 0.148. The second kappa shape index (κ2) is 5.87. The molecular weight excluding hydrogens is 264 g/mol. The van der Waals surface area contributed by atoms with Crippen LogP contribution in [0.5, 0.6) is 0 Å². The van der Waals surface area contributed by atoms with Crippen molar-refractivity contribution in [2.24, 2.45) is 0 Å². The van der Waals surface area contributed by atoms with Crippen molar-refractivity contribution in [1.29, 1.82) is 0 Å². The molecule has 2 rings (SSSR count). The topological polar surface area (TPSA) is 49.3 Å². The van der Waals surface area contributed by atoms with Gasteiger partial charge < -0.3 is 10.4 Å². The Bertz CT molecular complexity index is 478. The molecule has 5 heteroatoms. The van der Waals surface area contributed by atoms with Crippen LogP contribution in [0.4, 0.5) is 8.78 Å². The molecule has 110 valence electrons. The van der Waals surface area contributed by atoms with Crippen LogP contribution in [-0.4, -0.2) is 23.2 Å². The van der Waals surface area contributed by atoms with Crippen LogP contribution in [0.25, 0.3) is 0 Å². The van der Waals surface area contributed by atoms with Gasteiger partial charge in [0.15, 0.2) is 0 Å². The van der Waals surface area contributed by atoms with Gasteiger partial charge in [0.05, 0.1) is 18.1 Å². The van der Waals surface area contributed by atoms with Gasteiger partial charge in [-0.3, -0.25) is 4.79 Å². The number of rotatable bonds is 4. The molecule has 0 spiro atoms. The van der Waals surface area contributed by atoms with E-state index in [0.29, 0.717) is 12.8 Å². The molecule has 0 saturated heterocycles. The number of carbonyl (C=O) groups excluding carboxylic acids is 1. The molecule has 0 aliphatic heterocycles. The normalized spacial score (nSPS) is 18.8. The van der Waals surface area contributed by atoms with Crippen LogP contribution in [0.15, 0.2) is 18.2 Å². The van der Waals surface area contributed by atoms with Crippen molar-refractivity contribution in [3.8, 4) is 0 Å². The standard InChI is InChI=1S/C15H19F2NO2/c1-10(13-11(16)5-4-6-12(13)17)14(20)18-15(9-19)7-2-3-8-15/h4-6,10,19H,2-3,7-9H2,1H3,(H,18,20). The first-order chi connectivity index (χ1) is 9.49. The average Bonchev–Trinajstić information content (AvgIpc) is 2.87. The molecule has 3 nitrogen and oxygen atoms in total. The largest absolute Gasteiger partial charge is 0.394 e. The lowest BCUT2D eigenvalue weighted by Crippen LogP contribution is -2.50. The smallest absolute Gasteiger partial charge is 0.227 e. The summed E-state index contributed by atoms with van der Waals surface area (Å²) >= 11 is 0. The molecule has 1 amide bonds. The highest BCUT2D eigenvalue weighted by Crippen LogP contribution is 2.31. The Morgan fingerprint density at radius 1 is 1.35 bits per heavy atom.